The molecule has 1 N–H and O–H groups in total. The van der Waals surface area contributed by atoms with Crippen molar-refractivity contribution in [2.75, 3.05) is 0 Å². The Morgan fingerprint density at radius 3 is 2.27 bits per heavy atom. The van der Waals surface area contributed by atoms with Crippen LogP contribution in [0.1, 0.15) is 5.56 Å². The van der Waals surface area contributed by atoms with Crippen molar-refractivity contribution in [3.05, 3.63) is 74.3 Å². The van der Waals surface area contributed by atoms with Crippen LogP contribution in [0.5, 0.6) is 0 Å². The van der Waals surface area contributed by atoms with Gasteiger partial charge in [-0.25, -0.2) is 17.9 Å². The van der Waals surface area contributed by atoms with Crippen molar-refractivity contribution in [1.29, 1.82) is 0 Å². The molecule has 2 rings (SSSR count). The molecule has 0 aromatic heterocycles. The number of nitro benzene ring substituents is 2. The lowest BCUT2D eigenvalue weighted by molar-refractivity contribution is -0.396. The fourth-order valence-corrected chi connectivity index (χ4v) is 2.95. The van der Waals surface area contributed by atoms with E-state index in [1.807, 2.05) is 0 Å². The largest absolute Gasteiger partial charge is 0.444 e. The highest BCUT2D eigenvalue weighted by molar-refractivity contribution is 7.90. The molecule has 0 saturated carbocycles. The van der Waals surface area contributed by atoms with E-state index in [4.69, 9.17) is 4.74 Å². The van der Waals surface area contributed by atoms with E-state index in [1.54, 1.807) is 30.3 Å². The summed E-state index contributed by atoms with van der Waals surface area (Å²) in [6.07, 6.45) is -1.35. The molecule has 0 radical (unpaired) electrons. The summed E-state index contributed by atoms with van der Waals surface area (Å²) in [5.41, 5.74) is -1.11. The van der Waals surface area contributed by atoms with Crippen LogP contribution in [0, 0.1) is 20.2 Å². The first-order chi connectivity index (χ1) is 12.2. The van der Waals surface area contributed by atoms with Crippen LogP contribution in [-0.4, -0.2) is 24.4 Å². The van der Waals surface area contributed by atoms with Crippen LogP contribution < -0.4 is 4.72 Å². The minimum atomic E-state index is -4.67. The lowest BCUT2D eigenvalue weighted by Gasteiger charge is -2.08. The summed E-state index contributed by atoms with van der Waals surface area (Å²) in [5.74, 6) is 0. The normalized spacial score (nSPS) is 10.8. The van der Waals surface area contributed by atoms with Crippen molar-refractivity contribution in [3.8, 4) is 0 Å². The summed E-state index contributed by atoms with van der Waals surface area (Å²) < 4.78 is 30.6. The third-order valence-corrected chi connectivity index (χ3v) is 4.43. The third kappa shape index (κ3) is 4.51. The lowest BCUT2D eigenvalue weighted by atomic mass is 10.2. The number of sulfonamides is 1. The molecule has 2 aromatic rings. The Morgan fingerprint density at radius 2 is 1.69 bits per heavy atom. The van der Waals surface area contributed by atoms with E-state index in [2.05, 4.69) is 0 Å². The monoisotopic (exact) mass is 381 g/mol. The Kier molecular flexibility index (Phi) is 5.47. The number of non-ortho nitro benzene ring substituents is 1. The predicted molar refractivity (Wildman–Crippen MR) is 86.7 cm³/mol. The molecule has 0 aliphatic rings. The number of carbonyl (C=O) groups excluding carboxylic acids is 1. The number of nitrogens with zero attached hydrogens (tertiary/aromatic N) is 2. The zero-order valence-electron chi connectivity index (χ0n) is 12.9. The third-order valence-electron chi connectivity index (χ3n) is 3.07. The Bertz CT molecular complexity index is 959. The van der Waals surface area contributed by atoms with Crippen molar-refractivity contribution < 1.29 is 27.8 Å². The van der Waals surface area contributed by atoms with Gasteiger partial charge in [-0.1, -0.05) is 30.3 Å². The van der Waals surface area contributed by atoms with Gasteiger partial charge in [0.25, 0.3) is 21.4 Å². The van der Waals surface area contributed by atoms with E-state index in [9.17, 15) is 33.4 Å². The van der Waals surface area contributed by atoms with Crippen molar-refractivity contribution in [2.45, 2.75) is 11.5 Å². The highest BCUT2D eigenvalue weighted by Crippen LogP contribution is 2.28. The number of amides is 1. The maximum Gasteiger partial charge on any atom is 0.421 e. The van der Waals surface area contributed by atoms with Crippen molar-refractivity contribution in [1.82, 2.24) is 4.72 Å². The molecule has 0 heterocycles. The fraction of sp³-hybridized carbons (Fsp3) is 0.0714. The van der Waals surface area contributed by atoms with E-state index in [-0.39, 0.29) is 6.61 Å². The van der Waals surface area contributed by atoms with E-state index in [0.29, 0.717) is 17.7 Å². The molecule has 0 aliphatic heterocycles. The van der Waals surface area contributed by atoms with Crippen molar-refractivity contribution in [3.63, 3.8) is 0 Å². The van der Waals surface area contributed by atoms with Crippen LogP contribution in [-0.2, 0) is 21.4 Å². The van der Waals surface area contributed by atoms with Crippen LogP contribution in [0.2, 0.25) is 0 Å². The van der Waals surface area contributed by atoms with Crippen LogP contribution in [0.3, 0.4) is 0 Å². The summed E-state index contributed by atoms with van der Waals surface area (Å²) >= 11 is 0. The predicted octanol–water partition coefficient (Wildman–Crippen LogP) is 2.12. The van der Waals surface area contributed by atoms with Gasteiger partial charge in [-0.3, -0.25) is 20.2 Å². The molecule has 26 heavy (non-hydrogen) atoms. The summed E-state index contributed by atoms with van der Waals surface area (Å²) in [7, 11) is -4.67. The van der Waals surface area contributed by atoms with Gasteiger partial charge in [-0.05, 0) is 11.6 Å². The Morgan fingerprint density at radius 1 is 1.04 bits per heavy atom. The molecule has 0 spiro atoms. The zero-order chi connectivity index (χ0) is 19.3. The molecule has 0 unspecified atom stereocenters. The highest BCUT2D eigenvalue weighted by atomic mass is 32.2. The second kappa shape index (κ2) is 7.57. The number of hydrogen-bond donors (Lipinski definition) is 1. The second-order valence-corrected chi connectivity index (χ2v) is 6.48. The first kappa shape index (κ1) is 18.8. The molecule has 1 amide bonds. The molecule has 0 aliphatic carbocycles. The smallest absolute Gasteiger partial charge is 0.421 e. The molecule has 0 fully saturated rings. The molecule has 2 aromatic carbocycles. The number of rotatable bonds is 6. The van der Waals surface area contributed by atoms with Crippen LogP contribution in [0.25, 0.3) is 0 Å². The number of carbonyl (C=O) groups is 1. The maximum absolute atomic E-state index is 12.2. The molecule has 0 atom stereocenters. The Balaban J connectivity index is 2.20. The SMILES string of the molecule is O=C(NS(=O)(=O)c1ccc([N+](=O)[O-])cc1[N+](=O)[O-])OCc1ccccc1. The highest BCUT2D eigenvalue weighted by Gasteiger charge is 2.30. The Labute approximate surface area is 146 Å². The average Bonchev–Trinajstić information content (AvgIpc) is 2.60. The molecule has 12 heteroatoms. The maximum atomic E-state index is 12.2. The van der Waals surface area contributed by atoms with Gasteiger partial charge in [0.15, 0.2) is 4.90 Å². The second-order valence-electron chi connectivity index (χ2n) is 4.83. The first-order valence-electron chi connectivity index (χ1n) is 6.87. The van der Waals surface area contributed by atoms with Gasteiger partial charge in [-0.15, -0.1) is 0 Å². The van der Waals surface area contributed by atoms with Gasteiger partial charge >= 0.3 is 6.09 Å². The number of nitro groups is 2. The molecular weight excluding hydrogens is 370 g/mol. The molecule has 11 nitrogen and oxygen atoms in total. The average molecular weight is 381 g/mol. The first-order valence-corrected chi connectivity index (χ1v) is 8.35. The summed E-state index contributed by atoms with van der Waals surface area (Å²) in [5, 5.41) is 21.7. The number of nitrogens with one attached hydrogen (secondary N) is 1. The number of benzene rings is 2. The summed E-state index contributed by atoms with van der Waals surface area (Å²) in [4.78, 5) is 30.5. The quantitative estimate of drug-likeness (QED) is 0.588. The molecule has 0 bridgehead atoms. The van der Waals surface area contributed by atoms with E-state index in [1.165, 1.54) is 4.72 Å². The Hall–Kier alpha value is -3.54. The van der Waals surface area contributed by atoms with Gasteiger partial charge in [-0.2, -0.15) is 0 Å². The number of ether oxygens (including phenoxy) is 1. The van der Waals surface area contributed by atoms with E-state index in [0.717, 1.165) is 6.07 Å². The minimum Gasteiger partial charge on any atom is -0.444 e. The molecular formula is C14H11N3O8S. The van der Waals surface area contributed by atoms with Gasteiger partial charge in [0.05, 0.1) is 15.9 Å². The fourth-order valence-electron chi connectivity index (χ4n) is 1.91. The van der Waals surface area contributed by atoms with Gasteiger partial charge in [0.1, 0.15) is 6.61 Å². The zero-order valence-corrected chi connectivity index (χ0v) is 13.7. The van der Waals surface area contributed by atoms with Crippen LogP contribution >= 0.6 is 0 Å². The van der Waals surface area contributed by atoms with Gasteiger partial charge in [0.2, 0.25) is 0 Å². The molecule has 136 valence electrons. The van der Waals surface area contributed by atoms with Gasteiger partial charge < -0.3 is 4.74 Å². The molecule has 0 saturated heterocycles. The van der Waals surface area contributed by atoms with Gasteiger partial charge in [0, 0.05) is 6.07 Å². The number of hydrogen-bond acceptors (Lipinski definition) is 8. The lowest BCUT2D eigenvalue weighted by Crippen LogP contribution is -2.31. The minimum absolute atomic E-state index is 0.218. The topological polar surface area (TPSA) is 159 Å². The van der Waals surface area contributed by atoms with Crippen molar-refractivity contribution in [2.24, 2.45) is 0 Å². The summed E-state index contributed by atoms with van der Waals surface area (Å²) in [6, 6.07) is 10.3. The van der Waals surface area contributed by atoms with Crippen molar-refractivity contribution >= 4 is 27.5 Å². The van der Waals surface area contributed by atoms with Crippen LogP contribution in [0.4, 0.5) is 16.2 Å². The standard InChI is InChI=1S/C14H11N3O8S/c18-14(25-9-10-4-2-1-3-5-10)15-26(23,24)13-7-6-11(16(19)20)8-12(13)17(21)22/h1-8H,9H2,(H,15,18). The van der Waals surface area contributed by atoms with E-state index < -0.39 is 42.2 Å². The van der Waals surface area contributed by atoms with E-state index >= 15 is 0 Å². The van der Waals surface area contributed by atoms with Crippen LogP contribution in [0.15, 0.2) is 53.4 Å². The summed E-state index contributed by atoms with van der Waals surface area (Å²) in [6.45, 7) is -0.218.